The number of pyridine rings is 1. The van der Waals surface area contributed by atoms with E-state index in [1.807, 2.05) is 6.92 Å². The highest BCUT2D eigenvalue weighted by Crippen LogP contribution is 2.10. The van der Waals surface area contributed by atoms with Gasteiger partial charge in [0, 0.05) is 16.8 Å². The van der Waals surface area contributed by atoms with Crippen molar-refractivity contribution >= 4 is 22.9 Å². The van der Waals surface area contributed by atoms with Crippen LogP contribution in [0.1, 0.15) is 15.6 Å². The van der Waals surface area contributed by atoms with Crippen molar-refractivity contribution in [1.29, 1.82) is 0 Å². The lowest BCUT2D eigenvalue weighted by Crippen LogP contribution is -2.24. The molecule has 1 amide bonds. The summed E-state index contributed by atoms with van der Waals surface area (Å²) < 4.78 is 0. The molecule has 6 heteroatoms. The fraction of sp³-hybridized carbons (Fsp3) is 0.250. The van der Waals surface area contributed by atoms with Gasteiger partial charge in [0.25, 0.3) is 0 Å². The smallest absolute Gasteiger partial charge is 0.226 e. The normalized spacial score (nSPS) is 10.3. The lowest BCUT2D eigenvalue weighted by Gasteiger charge is -2.03. The number of aromatic nitrogens is 2. The fourth-order valence-electron chi connectivity index (χ4n) is 1.44. The van der Waals surface area contributed by atoms with Gasteiger partial charge in [0.2, 0.25) is 5.91 Å². The zero-order chi connectivity index (χ0) is 13.0. The predicted molar refractivity (Wildman–Crippen MR) is 71.1 cm³/mol. The first-order chi connectivity index (χ1) is 8.63. The van der Waals surface area contributed by atoms with Crippen LogP contribution >= 0.6 is 11.3 Å². The molecule has 2 rings (SSSR count). The number of nitrogens with one attached hydrogen (secondary N) is 1. The summed E-state index contributed by atoms with van der Waals surface area (Å²) in [7, 11) is 0. The number of rotatable bonds is 4. The molecular formula is C12H14N4OS. The third kappa shape index (κ3) is 3.53. The Morgan fingerprint density at radius 3 is 2.83 bits per heavy atom. The first-order valence-electron chi connectivity index (χ1n) is 5.52. The maximum atomic E-state index is 11.7. The highest BCUT2D eigenvalue weighted by Gasteiger charge is 2.05. The summed E-state index contributed by atoms with van der Waals surface area (Å²) in [5, 5.41) is 3.84. The maximum absolute atomic E-state index is 11.7. The molecule has 0 atom stereocenters. The SMILES string of the molecule is Cc1ncc(CNC(=O)Cc2ccc(N)cn2)s1. The van der Waals surface area contributed by atoms with Crippen LogP contribution in [-0.2, 0) is 17.8 Å². The summed E-state index contributed by atoms with van der Waals surface area (Å²) in [4.78, 5) is 20.9. The molecule has 18 heavy (non-hydrogen) atoms. The number of hydrogen-bond donors (Lipinski definition) is 2. The number of nitrogens with zero attached hydrogens (tertiary/aromatic N) is 2. The van der Waals surface area contributed by atoms with E-state index in [0.29, 0.717) is 17.9 Å². The number of carbonyl (C=O) groups excluding carboxylic acids is 1. The molecule has 0 bridgehead atoms. The van der Waals surface area contributed by atoms with Crippen LogP contribution in [0, 0.1) is 6.92 Å². The van der Waals surface area contributed by atoms with E-state index in [4.69, 9.17) is 5.73 Å². The Kier molecular flexibility index (Phi) is 3.88. The second-order valence-corrected chi connectivity index (χ2v) is 5.20. The van der Waals surface area contributed by atoms with Crippen LogP contribution in [0.15, 0.2) is 24.5 Å². The highest BCUT2D eigenvalue weighted by atomic mass is 32.1. The van der Waals surface area contributed by atoms with Gasteiger partial charge in [-0.3, -0.25) is 9.78 Å². The highest BCUT2D eigenvalue weighted by molar-refractivity contribution is 7.11. The minimum absolute atomic E-state index is 0.0571. The van der Waals surface area contributed by atoms with E-state index in [-0.39, 0.29) is 12.3 Å². The molecule has 2 aromatic heterocycles. The van der Waals surface area contributed by atoms with Crippen molar-refractivity contribution in [3.05, 3.63) is 40.1 Å². The second-order valence-electron chi connectivity index (χ2n) is 3.88. The number of hydrogen-bond acceptors (Lipinski definition) is 5. The molecule has 2 heterocycles. The Morgan fingerprint density at radius 1 is 1.39 bits per heavy atom. The topological polar surface area (TPSA) is 80.9 Å². The lowest BCUT2D eigenvalue weighted by molar-refractivity contribution is -0.120. The van der Waals surface area contributed by atoms with E-state index in [1.165, 1.54) is 0 Å². The summed E-state index contributed by atoms with van der Waals surface area (Å²) in [6, 6.07) is 3.49. The molecule has 5 nitrogen and oxygen atoms in total. The van der Waals surface area contributed by atoms with Crippen LogP contribution in [0.5, 0.6) is 0 Å². The number of anilines is 1. The average Bonchev–Trinajstić information content (AvgIpc) is 2.76. The summed E-state index contributed by atoms with van der Waals surface area (Å²) in [6.45, 7) is 2.45. The van der Waals surface area contributed by atoms with E-state index in [1.54, 1.807) is 35.9 Å². The molecule has 0 aliphatic heterocycles. The molecule has 2 aromatic rings. The molecule has 0 fully saturated rings. The predicted octanol–water partition coefficient (Wildman–Crippen LogP) is 1.29. The molecule has 0 unspecified atom stereocenters. The lowest BCUT2D eigenvalue weighted by atomic mass is 10.2. The van der Waals surface area contributed by atoms with Gasteiger partial charge in [-0.25, -0.2) is 4.98 Å². The minimum atomic E-state index is -0.0571. The monoisotopic (exact) mass is 262 g/mol. The quantitative estimate of drug-likeness (QED) is 0.870. The Balaban J connectivity index is 1.83. The minimum Gasteiger partial charge on any atom is -0.397 e. The Labute approximate surface area is 109 Å². The Hall–Kier alpha value is -1.95. The largest absolute Gasteiger partial charge is 0.397 e. The van der Waals surface area contributed by atoms with Gasteiger partial charge in [0.1, 0.15) is 0 Å². The Bertz CT molecular complexity index is 535. The molecule has 0 radical (unpaired) electrons. The number of carbonyl (C=O) groups is 1. The zero-order valence-electron chi connectivity index (χ0n) is 10.0. The van der Waals surface area contributed by atoms with E-state index < -0.39 is 0 Å². The fourth-order valence-corrected chi connectivity index (χ4v) is 2.17. The standard InChI is InChI=1S/C12H14N4OS/c1-8-14-6-11(18-8)7-16-12(17)4-10-3-2-9(13)5-15-10/h2-3,5-6H,4,7,13H2,1H3,(H,16,17). The summed E-state index contributed by atoms with van der Waals surface area (Å²) in [5.74, 6) is -0.0571. The van der Waals surface area contributed by atoms with E-state index in [2.05, 4.69) is 15.3 Å². The first kappa shape index (κ1) is 12.5. The number of nitrogen functional groups attached to an aromatic ring is 1. The van der Waals surface area contributed by atoms with Gasteiger partial charge in [0.15, 0.2) is 0 Å². The third-order valence-corrected chi connectivity index (χ3v) is 3.23. The molecule has 3 N–H and O–H groups in total. The van der Waals surface area contributed by atoms with Crippen LogP contribution in [0.25, 0.3) is 0 Å². The molecule has 0 aliphatic carbocycles. The van der Waals surface area contributed by atoms with Crippen LogP contribution in [0.4, 0.5) is 5.69 Å². The van der Waals surface area contributed by atoms with Gasteiger partial charge < -0.3 is 11.1 Å². The number of aryl methyl sites for hydroxylation is 1. The van der Waals surface area contributed by atoms with Crippen LogP contribution < -0.4 is 11.1 Å². The average molecular weight is 262 g/mol. The van der Waals surface area contributed by atoms with Crippen LogP contribution in [-0.4, -0.2) is 15.9 Å². The van der Waals surface area contributed by atoms with Gasteiger partial charge in [-0.1, -0.05) is 0 Å². The summed E-state index contributed by atoms with van der Waals surface area (Å²) in [6.07, 6.45) is 3.59. The maximum Gasteiger partial charge on any atom is 0.226 e. The van der Waals surface area contributed by atoms with Gasteiger partial charge in [0.05, 0.1) is 29.9 Å². The summed E-state index contributed by atoms with van der Waals surface area (Å²) >= 11 is 1.58. The molecule has 0 spiro atoms. The van der Waals surface area contributed by atoms with Crippen molar-refractivity contribution < 1.29 is 4.79 Å². The molecule has 0 aromatic carbocycles. The molecule has 94 valence electrons. The zero-order valence-corrected chi connectivity index (χ0v) is 10.8. The molecular weight excluding hydrogens is 248 g/mol. The Morgan fingerprint density at radius 2 is 2.22 bits per heavy atom. The van der Waals surface area contributed by atoms with Gasteiger partial charge >= 0.3 is 0 Å². The first-order valence-corrected chi connectivity index (χ1v) is 6.33. The van der Waals surface area contributed by atoms with Crippen molar-refractivity contribution in [1.82, 2.24) is 15.3 Å². The van der Waals surface area contributed by atoms with Crippen molar-refractivity contribution in [3.8, 4) is 0 Å². The second kappa shape index (κ2) is 5.59. The van der Waals surface area contributed by atoms with E-state index in [9.17, 15) is 4.79 Å². The summed E-state index contributed by atoms with van der Waals surface area (Å²) in [5.41, 5.74) is 6.83. The van der Waals surface area contributed by atoms with Gasteiger partial charge in [-0.2, -0.15) is 0 Å². The van der Waals surface area contributed by atoms with Gasteiger partial charge in [-0.05, 0) is 19.1 Å². The van der Waals surface area contributed by atoms with E-state index >= 15 is 0 Å². The van der Waals surface area contributed by atoms with Crippen LogP contribution in [0.2, 0.25) is 0 Å². The number of amides is 1. The van der Waals surface area contributed by atoms with Crippen molar-refractivity contribution in [3.63, 3.8) is 0 Å². The number of nitrogens with two attached hydrogens (primary N) is 1. The molecule has 0 saturated heterocycles. The molecule has 0 aliphatic rings. The number of thiazole rings is 1. The molecule has 0 saturated carbocycles. The third-order valence-electron chi connectivity index (χ3n) is 2.32. The van der Waals surface area contributed by atoms with Crippen molar-refractivity contribution in [2.45, 2.75) is 19.9 Å². The van der Waals surface area contributed by atoms with Gasteiger partial charge in [-0.15, -0.1) is 11.3 Å². The van der Waals surface area contributed by atoms with Crippen molar-refractivity contribution in [2.75, 3.05) is 5.73 Å². The van der Waals surface area contributed by atoms with Crippen molar-refractivity contribution in [2.24, 2.45) is 0 Å². The van der Waals surface area contributed by atoms with E-state index in [0.717, 1.165) is 9.88 Å². The van der Waals surface area contributed by atoms with Crippen LogP contribution in [0.3, 0.4) is 0 Å².